The maximum atomic E-state index is 13.5. The van der Waals surface area contributed by atoms with Crippen molar-refractivity contribution < 1.29 is 32.1 Å². The molecule has 204 valence electrons. The van der Waals surface area contributed by atoms with E-state index in [1.165, 1.54) is 18.2 Å². The number of phenolic OH excluding ortho intramolecular Hbond substituents is 1. The number of ether oxygens (including phenoxy) is 2. The average Bonchev–Trinajstić information content (AvgIpc) is 2.93. The van der Waals surface area contributed by atoms with Crippen LogP contribution in [0.5, 0.6) is 17.2 Å². The molecule has 0 fully saturated rings. The van der Waals surface area contributed by atoms with Crippen molar-refractivity contribution in [3.63, 3.8) is 0 Å². The molecule has 0 bridgehead atoms. The Bertz CT molecular complexity index is 1460. The number of hydrogen-bond donors (Lipinski definition) is 2. The Hall–Kier alpha value is -3.56. The number of fused-ring (bicyclic) bond motifs is 5. The minimum Gasteiger partial charge on any atom is -0.508 e. The van der Waals surface area contributed by atoms with Crippen molar-refractivity contribution in [3.05, 3.63) is 83.6 Å². The fourth-order valence-corrected chi connectivity index (χ4v) is 4.77. The molecule has 0 saturated carbocycles. The molecule has 4 aromatic rings. The zero-order valence-electron chi connectivity index (χ0n) is 20.6. The minimum absolute atomic E-state index is 0.0531. The summed E-state index contributed by atoms with van der Waals surface area (Å²) in [5.41, 5.74) is 2.35. The third kappa shape index (κ3) is 5.74. The number of phenols is 1. The molecular formula is C29H25ClF4N2O3. The van der Waals surface area contributed by atoms with Crippen LogP contribution in [0, 0.1) is 5.92 Å². The highest BCUT2D eigenvalue weighted by atomic mass is 35.5. The number of aromatic nitrogens is 1. The van der Waals surface area contributed by atoms with E-state index in [4.69, 9.17) is 21.1 Å². The summed E-state index contributed by atoms with van der Waals surface area (Å²) in [5.74, 6) is 0.763. The number of nitrogens with zero attached hydrogens (tertiary/aromatic N) is 1. The fourth-order valence-electron chi connectivity index (χ4n) is 4.58. The van der Waals surface area contributed by atoms with Crippen LogP contribution in [-0.2, 0) is 6.18 Å². The lowest BCUT2D eigenvalue weighted by Crippen LogP contribution is -2.28. The molecule has 0 radical (unpaired) electrons. The van der Waals surface area contributed by atoms with Crippen LogP contribution in [0.15, 0.2) is 66.9 Å². The van der Waals surface area contributed by atoms with E-state index in [0.717, 1.165) is 23.1 Å². The van der Waals surface area contributed by atoms with Crippen molar-refractivity contribution in [2.24, 2.45) is 5.92 Å². The molecule has 2 unspecified atom stereocenters. The van der Waals surface area contributed by atoms with E-state index in [9.17, 15) is 22.7 Å². The van der Waals surface area contributed by atoms with E-state index in [0.29, 0.717) is 47.7 Å². The topological polar surface area (TPSA) is 63.6 Å². The van der Waals surface area contributed by atoms with Crippen LogP contribution in [0.2, 0.25) is 0 Å². The Balaban J connectivity index is 1.44. The molecule has 2 heterocycles. The number of rotatable bonds is 9. The third-order valence-corrected chi connectivity index (χ3v) is 7.04. The molecule has 0 spiro atoms. The van der Waals surface area contributed by atoms with Crippen molar-refractivity contribution in [2.75, 3.05) is 32.3 Å². The lowest BCUT2D eigenvalue weighted by Gasteiger charge is -2.30. The Kier molecular flexibility index (Phi) is 7.81. The largest absolute Gasteiger partial charge is 0.508 e. The standard InChI is InChI=1S/C29H25ClF4N2O3/c30-13-17(14-31)15-35-9-10-38-21-5-1-18(2-6-21)28-27-23-8-4-20(37)12-25(23)36-16-24(27)22-7-3-19(29(32,33)34)11-26(22)39-28/h1-8,11-12,16-17,28,35,37H,9-10,13-15H2. The van der Waals surface area contributed by atoms with Crippen molar-refractivity contribution in [3.8, 4) is 28.4 Å². The molecule has 0 amide bonds. The highest BCUT2D eigenvalue weighted by Crippen LogP contribution is 2.48. The third-order valence-electron chi connectivity index (χ3n) is 6.60. The van der Waals surface area contributed by atoms with E-state index in [-0.39, 0.29) is 23.3 Å². The number of aromatic hydroxyl groups is 1. The van der Waals surface area contributed by atoms with Crippen LogP contribution in [0.3, 0.4) is 0 Å². The molecular weight excluding hydrogens is 536 g/mol. The Morgan fingerprint density at radius 1 is 1.05 bits per heavy atom. The summed E-state index contributed by atoms with van der Waals surface area (Å²) < 4.78 is 65.1. The molecule has 0 aliphatic carbocycles. The molecule has 0 saturated heterocycles. The van der Waals surface area contributed by atoms with Gasteiger partial charge in [0.2, 0.25) is 0 Å². The summed E-state index contributed by atoms with van der Waals surface area (Å²) in [6, 6.07) is 15.4. The van der Waals surface area contributed by atoms with Gasteiger partial charge in [0.25, 0.3) is 0 Å². The Morgan fingerprint density at radius 3 is 2.56 bits per heavy atom. The number of pyridine rings is 1. The van der Waals surface area contributed by atoms with Crippen LogP contribution in [-0.4, -0.2) is 42.3 Å². The van der Waals surface area contributed by atoms with Gasteiger partial charge in [-0.2, -0.15) is 13.2 Å². The number of halogens is 5. The second-order valence-corrected chi connectivity index (χ2v) is 9.60. The van der Waals surface area contributed by atoms with Crippen molar-refractivity contribution in [1.29, 1.82) is 0 Å². The molecule has 1 aliphatic heterocycles. The first kappa shape index (κ1) is 27.0. The van der Waals surface area contributed by atoms with Crippen molar-refractivity contribution in [2.45, 2.75) is 12.3 Å². The lowest BCUT2D eigenvalue weighted by molar-refractivity contribution is -0.137. The predicted octanol–water partition coefficient (Wildman–Crippen LogP) is 6.90. The Labute approximate surface area is 227 Å². The SMILES string of the molecule is Oc1ccc2c3c(cnc2c1)-c1ccc(C(F)(F)F)cc1OC3c1ccc(OCCNCC(CF)CCl)cc1. The van der Waals surface area contributed by atoms with Crippen LogP contribution < -0.4 is 14.8 Å². The maximum absolute atomic E-state index is 13.5. The molecule has 5 nitrogen and oxygen atoms in total. The van der Waals surface area contributed by atoms with Crippen LogP contribution in [0.25, 0.3) is 22.0 Å². The first-order valence-corrected chi connectivity index (χ1v) is 12.9. The van der Waals surface area contributed by atoms with E-state index in [1.807, 2.05) is 0 Å². The van der Waals surface area contributed by atoms with Crippen molar-refractivity contribution >= 4 is 22.5 Å². The predicted molar refractivity (Wildman–Crippen MR) is 141 cm³/mol. The zero-order chi connectivity index (χ0) is 27.6. The van der Waals surface area contributed by atoms with Gasteiger partial charge in [-0.1, -0.05) is 12.1 Å². The van der Waals surface area contributed by atoms with E-state index in [2.05, 4.69) is 10.3 Å². The van der Waals surface area contributed by atoms with E-state index >= 15 is 0 Å². The Morgan fingerprint density at radius 2 is 1.85 bits per heavy atom. The van der Waals surface area contributed by atoms with Crippen molar-refractivity contribution in [1.82, 2.24) is 10.3 Å². The second-order valence-electron chi connectivity index (χ2n) is 9.29. The molecule has 2 atom stereocenters. The monoisotopic (exact) mass is 560 g/mol. The van der Waals surface area contributed by atoms with Gasteiger partial charge in [-0.3, -0.25) is 9.37 Å². The molecule has 1 aromatic heterocycles. The summed E-state index contributed by atoms with van der Waals surface area (Å²) in [6.07, 6.45) is -3.64. The van der Waals surface area contributed by atoms with Crippen LogP contribution in [0.1, 0.15) is 22.8 Å². The van der Waals surface area contributed by atoms with Crippen LogP contribution in [0.4, 0.5) is 17.6 Å². The van der Waals surface area contributed by atoms with Gasteiger partial charge in [0.1, 0.15) is 23.9 Å². The smallest absolute Gasteiger partial charge is 0.416 e. The van der Waals surface area contributed by atoms with Gasteiger partial charge in [-0.25, -0.2) is 0 Å². The first-order valence-electron chi connectivity index (χ1n) is 12.3. The summed E-state index contributed by atoms with van der Waals surface area (Å²) in [4.78, 5) is 4.45. The quantitative estimate of drug-likeness (QED) is 0.132. The minimum atomic E-state index is -4.52. The average molecular weight is 561 g/mol. The molecule has 3 aromatic carbocycles. The maximum Gasteiger partial charge on any atom is 0.416 e. The summed E-state index contributed by atoms with van der Waals surface area (Å²) in [6.45, 7) is 0.841. The molecule has 2 N–H and O–H groups in total. The molecule has 5 rings (SSSR count). The molecule has 1 aliphatic rings. The van der Waals surface area contributed by atoms with Gasteiger partial charge in [-0.05, 0) is 48.0 Å². The summed E-state index contributed by atoms with van der Waals surface area (Å²) >= 11 is 5.70. The highest BCUT2D eigenvalue weighted by molar-refractivity contribution is 6.18. The van der Waals surface area contributed by atoms with Gasteiger partial charge < -0.3 is 19.9 Å². The number of nitrogens with one attached hydrogen (secondary N) is 1. The normalized spacial score (nSPS) is 15.4. The summed E-state index contributed by atoms with van der Waals surface area (Å²) in [7, 11) is 0. The molecule has 10 heteroatoms. The van der Waals surface area contributed by atoms with Gasteiger partial charge in [0.15, 0.2) is 6.10 Å². The van der Waals surface area contributed by atoms with E-state index in [1.54, 1.807) is 36.5 Å². The summed E-state index contributed by atoms with van der Waals surface area (Å²) in [5, 5.41) is 13.8. The number of benzene rings is 3. The zero-order valence-corrected chi connectivity index (χ0v) is 21.4. The number of alkyl halides is 5. The fraction of sp³-hybridized carbons (Fsp3) is 0.276. The van der Waals surface area contributed by atoms with Crippen LogP contribution >= 0.6 is 11.6 Å². The highest BCUT2D eigenvalue weighted by Gasteiger charge is 2.35. The van der Waals surface area contributed by atoms with Gasteiger partial charge in [-0.15, -0.1) is 11.6 Å². The first-order chi connectivity index (χ1) is 18.8. The van der Waals surface area contributed by atoms with Gasteiger partial charge in [0, 0.05) is 59.2 Å². The number of hydrogen-bond acceptors (Lipinski definition) is 5. The molecule has 39 heavy (non-hydrogen) atoms. The van der Waals surface area contributed by atoms with Gasteiger partial charge in [0.05, 0.1) is 17.8 Å². The van der Waals surface area contributed by atoms with E-state index < -0.39 is 24.5 Å². The second kappa shape index (κ2) is 11.3. The van der Waals surface area contributed by atoms with Gasteiger partial charge >= 0.3 is 6.18 Å². The lowest BCUT2D eigenvalue weighted by atomic mass is 9.87.